The number of rotatable bonds is 1. The molecule has 0 unspecified atom stereocenters. The number of pyridine rings is 1. The van der Waals surface area contributed by atoms with Crippen LogP contribution in [0.25, 0.3) is 11.5 Å². The van der Waals surface area contributed by atoms with Crippen LogP contribution in [-0.4, -0.2) is 28.0 Å². The molecule has 0 amide bonds. The van der Waals surface area contributed by atoms with Crippen LogP contribution in [0, 0.1) is 6.92 Å². The van der Waals surface area contributed by atoms with Gasteiger partial charge in [-0.25, -0.2) is 4.98 Å². The molecule has 4 nitrogen and oxygen atoms in total. The second kappa shape index (κ2) is 5.29. The Balaban J connectivity index is 0.000000531. The van der Waals surface area contributed by atoms with E-state index < -0.39 is 0 Å². The second-order valence-corrected chi connectivity index (χ2v) is 2.72. The average molecular weight is 200 g/mol. The predicted molar refractivity (Wildman–Crippen MR) is 61.1 cm³/mol. The van der Waals surface area contributed by atoms with Crippen molar-refractivity contribution in [2.75, 3.05) is 0 Å². The molecular formula is C10H13BN4. The van der Waals surface area contributed by atoms with Crippen molar-refractivity contribution in [3.8, 4) is 11.5 Å². The average Bonchev–Trinajstić information content (AvgIpc) is 2.68. The Morgan fingerprint density at radius 3 is 2.60 bits per heavy atom. The van der Waals surface area contributed by atoms with Crippen molar-refractivity contribution in [3.63, 3.8) is 0 Å². The minimum Gasteiger partial charge on any atom is -0.263 e. The monoisotopic (exact) mass is 200 g/mol. The fourth-order valence-electron chi connectivity index (χ4n) is 1.03. The van der Waals surface area contributed by atoms with Crippen molar-refractivity contribution < 1.29 is 0 Å². The molecule has 0 saturated heterocycles. The zero-order valence-corrected chi connectivity index (χ0v) is 9.15. The van der Waals surface area contributed by atoms with E-state index in [9.17, 15) is 0 Å². The van der Waals surface area contributed by atoms with Gasteiger partial charge in [0.05, 0.1) is 0 Å². The van der Waals surface area contributed by atoms with E-state index in [0.29, 0.717) is 17.0 Å². The van der Waals surface area contributed by atoms with Gasteiger partial charge in [-0.1, -0.05) is 25.4 Å². The molecule has 2 heterocycles. The van der Waals surface area contributed by atoms with Gasteiger partial charge in [-0.2, -0.15) is 5.10 Å². The Labute approximate surface area is 90.6 Å². The Morgan fingerprint density at radius 2 is 2.07 bits per heavy atom. The molecule has 0 bridgehead atoms. The van der Waals surface area contributed by atoms with Crippen molar-refractivity contribution in [3.05, 3.63) is 24.2 Å². The summed E-state index contributed by atoms with van der Waals surface area (Å²) in [6.07, 6.45) is 1.64. The van der Waals surface area contributed by atoms with Gasteiger partial charge in [-0.05, 0) is 13.0 Å². The van der Waals surface area contributed by atoms with Gasteiger partial charge in [-0.15, -0.1) is 0 Å². The van der Waals surface area contributed by atoms with Crippen LogP contribution in [0.3, 0.4) is 0 Å². The van der Waals surface area contributed by atoms with Gasteiger partial charge in [0.1, 0.15) is 19.4 Å². The molecular weight excluding hydrogens is 187 g/mol. The van der Waals surface area contributed by atoms with Gasteiger partial charge >= 0.3 is 0 Å². The molecule has 0 aliphatic rings. The van der Waals surface area contributed by atoms with Gasteiger partial charge < -0.3 is 0 Å². The quantitative estimate of drug-likeness (QED) is 0.698. The van der Waals surface area contributed by atoms with Crippen LogP contribution in [-0.2, 0) is 0 Å². The van der Waals surface area contributed by atoms with Crippen molar-refractivity contribution in [1.82, 2.24) is 20.2 Å². The summed E-state index contributed by atoms with van der Waals surface area (Å²) in [5.74, 6) is 1.34. The van der Waals surface area contributed by atoms with Crippen LogP contribution in [0.5, 0.6) is 0 Å². The molecule has 0 saturated carbocycles. The lowest BCUT2D eigenvalue weighted by Gasteiger charge is -1.94. The van der Waals surface area contributed by atoms with Gasteiger partial charge in [0.15, 0.2) is 5.82 Å². The first-order chi connectivity index (χ1) is 7.25. The van der Waals surface area contributed by atoms with E-state index in [-0.39, 0.29) is 0 Å². The summed E-state index contributed by atoms with van der Waals surface area (Å²) in [6.45, 7) is 5.84. The third-order valence-corrected chi connectivity index (χ3v) is 1.61. The van der Waals surface area contributed by atoms with Crippen LogP contribution in [0.2, 0.25) is 0 Å². The van der Waals surface area contributed by atoms with E-state index in [4.69, 9.17) is 7.85 Å². The third kappa shape index (κ3) is 2.90. The number of aryl methyl sites for hydroxylation is 1. The van der Waals surface area contributed by atoms with Crippen LogP contribution in [0.4, 0.5) is 0 Å². The summed E-state index contributed by atoms with van der Waals surface area (Å²) in [7, 11) is 5.60. The van der Waals surface area contributed by atoms with Gasteiger partial charge in [0, 0.05) is 6.20 Å². The van der Waals surface area contributed by atoms with Crippen molar-refractivity contribution in [2.24, 2.45) is 0 Å². The van der Waals surface area contributed by atoms with E-state index in [1.54, 1.807) is 18.3 Å². The first-order valence-electron chi connectivity index (χ1n) is 4.86. The number of H-pyrrole nitrogens is 1. The number of aromatic amines is 1. The molecule has 5 heteroatoms. The second-order valence-electron chi connectivity index (χ2n) is 2.72. The van der Waals surface area contributed by atoms with Crippen LogP contribution < -0.4 is 5.46 Å². The molecule has 1 N–H and O–H groups in total. The fraction of sp³-hybridized carbons (Fsp3) is 0.300. The summed E-state index contributed by atoms with van der Waals surface area (Å²) in [6, 6.07) is 3.46. The summed E-state index contributed by atoms with van der Waals surface area (Å²) in [4.78, 5) is 8.24. The number of hydrogen-bond acceptors (Lipinski definition) is 3. The molecule has 15 heavy (non-hydrogen) atoms. The Kier molecular flexibility index (Phi) is 4.03. The zero-order valence-electron chi connectivity index (χ0n) is 9.15. The van der Waals surface area contributed by atoms with Crippen LogP contribution in [0.1, 0.15) is 19.7 Å². The molecule has 0 aromatic carbocycles. The van der Waals surface area contributed by atoms with Gasteiger partial charge in [0.2, 0.25) is 0 Å². The summed E-state index contributed by atoms with van der Waals surface area (Å²) in [5, 5.41) is 6.72. The maximum absolute atomic E-state index is 5.60. The summed E-state index contributed by atoms with van der Waals surface area (Å²) in [5.41, 5.74) is 1.34. The van der Waals surface area contributed by atoms with Gasteiger partial charge in [0.25, 0.3) is 0 Å². The zero-order chi connectivity index (χ0) is 11.3. The lowest BCUT2D eigenvalue weighted by atomic mass is 9.97. The lowest BCUT2D eigenvalue weighted by Crippen LogP contribution is -2.02. The Morgan fingerprint density at radius 1 is 1.33 bits per heavy atom. The van der Waals surface area contributed by atoms with Crippen molar-refractivity contribution >= 4 is 13.3 Å². The molecule has 2 aromatic heterocycles. The van der Waals surface area contributed by atoms with Crippen molar-refractivity contribution in [1.29, 1.82) is 0 Å². The van der Waals surface area contributed by atoms with E-state index in [1.807, 2.05) is 20.8 Å². The highest BCUT2D eigenvalue weighted by Crippen LogP contribution is 2.07. The minimum atomic E-state index is 0.574. The highest BCUT2D eigenvalue weighted by Gasteiger charge is 2.03. The lowest BCUT2D eigenvalue weighted by molar-refractivity contribution is 1.04. The maximum Gasteiger partial charge on any atom is 0.199 e. The molecule has 2 aromatic rings. The maximum atomic E-state index is 5.60. The number of nitrogens with zero attached hydrogens (tertiary/aromatic N) is 3. The predicted octanol–water partition coefficient (Wildman–Crippen LogP) is 0.995. The highest BCUT2D eigenvalue weighted by molar-refractivity contribution is 6.32. The van der Waals surface area contributed by atoms with E-state index in [0.717, 1.165) is 5.82 Å². The van der Waals surface area contributed by atoms with Crippen LogP contribution >= 0.6 is 0 Å². The third-order valence-electron chi connectivity index (χ3n) is 1.61. The normalized spacial score (nSPS) is 9.27. The minimum absolute atomic E-state index is 0.574. The SMILES string of the molecule is CC.[B]c1ccnc(-c2n[nH]c(C)n2)c1. The van der Waals surface area contributed by atoms with E-state index in [2.05, 4.69) is 20.2 Å². The first kappa shape index (κ1) is 11.4. The van der Waals surface area contributed by atoms with E-state index in [1.165, 1.54) is 0 Å². The molecule has 0 fully saturated rings. The number of hydrogen-bond donors (Lipinski definition) is 1. The van der Waals surface area contributed by atoms with Crippen LogP contribution in [0.15, 0.2) is 18.3 Å². The Hall–Kier alpha value is -1.65. The van der Waals surface area contributed by atoms with Gasteiger partial charge in [-0.3, -0.25) is 10.1 Å². The molecule has 0 aliphatic heterocycles. The molecule has 2 radical (unpaired) electrons. The number of aromatic nitrogens is 4. The molecule has 76 valence electrons. The molecule has 0 atom stereocenters. The summed E-state index contributed by atoms with van der Waals surface area (Å²) >= 11 is 0. The Bertz CT molecular complexity index is 425. The molecule has 2 rings (SSSR count). The van der Waals surface area contributed by atoms with Crippen molar-refractivity contribution in [2.45, 2.75) is 20.8 Å². The van der Waals surface area contributed by atoms with E-state index >= 15 is 0 Å². The number of nitrogens with one attached hydrogen (secondary N) is 1. The molecule has 0 aliphatic carbocycles. The first-order valence-corrected chi connectivity index (χ1v) is 4.86. The standard InChI is InChI=1S/C8H7BN4.C2H6/c1-5-11-8(13-12-5)7-4-6(9)2-3-10-7;1-2/h2-4H,1H3,(H,11,12,13);1-2H3. The smallest absolute Gasteiger partial charge is 0.199 e. The highest BCUT2D eigenvalue weighted by atomic mass is 15.2. The largest absolute Gasteiger partial charge is 0.263 e. The topological polar surface area (TPSA) is 54.5 Å². The fourth-order valence-corrected chi connectivity index (χ4v) is 1.03. The summed E-state index contributed by atoms with van der Waals surface area (Å²) < 4.78 is 0. The molecule has 0 spiro atoms.